The summed E-state index contributed by atoms with van der Waals surface area (Å²) in [5.74, 6) is 0. The minimum atomic E-state index is 0.438. The van der Waals surface area contributed by atoms with Crippen LogP contribution in [0.15, 0.2) is 0 Å². The highest BCUT2D eigenvalue weighted by Crippen LogP contribution is 1.93. The van der Waals surface area contributed by atoms with Crippen LogP contribution in [-0.2, 0) is 0 Å². The molecule has 0 saturated heterocycles. The van der Waals surface area contributed by atoms with E-state index >= 15 is 0 Å². The number of thiocarbonyl (C=S) groups is 1. The normalized spacial score (nSPS) is 12.8. The van der Waals surface area contributed by atoms with Gasteiger partial charge in [-0.15, -0.1) is 0 Å². The van der Waals surface area contributed by atoms with Crippen LogP contribution in [0.4, 0.5) is 0 Å². The summed E-state index contributed by atoms with van der Waals surface area (Å²) in [4.78, 5) is 0. The van der Waals surface area contributed by atoms with Gasteiger partial charge in [0.1, 0.15) is 4.32 Å². The summed E-state index contributed by atoms with van der Waals surface area (Å²) < 4.78 is 0.671. The SMILES string of the molecule is CCC(C)NC(=S)SN. The first-order valence-electron chi connectivity index (χ1n) is 2.88. The van der Waals surface area contributed by atoms with Crippen molar-refractivity contribution in [1.29, 1.82) is 0 Å². The third-order valence-electron chi connectivity index (χ3n) is 1.08. The van der Waals surface area contributed by atoms with Gasteiger partial charge < -0.3 is 5.32 Å². The Morgan fingerprint density at radius 2 is 2.44 bits per heavy atom. The van der Waals surface area contributed by atoms with Gasteiger partial charge in [0.2, 0.25) is 0 Å². The first kappa shape index (κ1) is 9.20. The van der Waals surface area contributed by atoms with Gasteiger partial charge in [-0.25, -0.2) is 0 Å². The number of rotatable bonds is 2. The molecular weight excluding hydrogens is 152 g/mol. The molecule has 0 saturated carbocycles. The van der Waals surface area contributed by atoms with Crippen LogP contribution < -0.4 is 10.5 Å². The predicted molar refractivity (Wildman–Crippen MR) is 47.3 cm³/mol. The Labute approximate surface area is 65.7 Å². The molecule has 0 amide bonds. The lowest BCUT2D eigenvalue weighted by Crippen LogP contribution is -2.29. The molecule has 0 aromatic carbocycles. The molecule has 9 heavy (non-hydrogen) atoms. The highest BCUT2D eigenvalue weighted by molar-refractivity contribution is 8.21. The van der Waals surface area contributed by atoms with E-state index in [-0.39, 0.29) is 0 Å². The fourth-order valence-corrected chi connectivity index (χ4v) is 0.808. The van der Waals surface area contributed by atoms with E-state index in [4.69, 9.17) is 17.4 Å². The lowest BCUT2D eigenvalue weighted by Gasteiger charge is -2.10. The molecule has 0 spiro atoms. The molecule has 0 rings (SSSR count). The minimum Gasteiger partial charge on any atom is -0.368 e. The standard InChI is InChI=1S/C5H12N2S2/c1-3-4(2)7-5(8)9-6/h4H,3,6H2,1-2H3,(H,7,8). The molecule has 0 aliphatic rings. The molecule has 0 aliphatic heterocycles. The van der Waals surface area contributed by atoms with Crippen molar-refractivity contribution in [2.75, 3.05) is 0 Å². The van der Waals surface area contributed by atoms with E-state index in [2.05, 4.69) is 19.2 Å². The van der Waals surface area contributed by atoms with Crippen LogP contribution in [0.5, 0.6) is 0 Å². The van der Waals surface area contributed by atoms with E-state index in [1.54, 1.807) is 0 Å². The molecule has 54 valence electrons. The Kier molecular flexibility index (Phi) is 5.13. The first-order chi connectivity index (χ1) is 4.20. The maximum Gasteiger partial charge on any atom is 0.148 e. The van der Waals surface area contributed by atoms with Crippen molar-refractivity contribution < 1.29 is 0 Å². The van der Waals surface area contributed by atoms with Crippen molar-refractivity contribution in [2.24, 2.45) is 5.14 Å². The number of hydrogen-bond donors (Lipinski definition) is 2. The lowest BCUT2D eigenvalue weighted by molar-refractivity contribution is 0.651. The molecule has 2 nitrogen and oxygen atoms in total. The van der Waals surface area contributed by atoms with E-state index in [1.165, 1.54) is 0 Å². The van der Waals surface area contributed by atoms with Gasteiger partial charge in [0.05, 0.1) is 0 Å². The van der Waals surface area contributed by atoms with Crippen LogP contribution in [-0.4, -0.2) is 10.4 Å². The molecular formula is C5H12N2S2. The van der Waals surface area contributed by atoms with Crippen molar-refractivity contribution >= 4 is 28.5 Å². The van der Waals surface area contributed by atoms with Gasteiger partial charge in [-0.3, -0.25) is 5.14 Å². The number of hydrogen-bond acceptors (Lipinski definition) is 3. The van der Waals surface area contributed by atoms with Crippen LogP contribution in [0.3, 0.4) is 0 Å². The quantitative estimate of drug-likeness (QED) is 0.476. The Morgan fingerprint density at radius 3 is 2.78 bits per heavy atom. The minimum absolute atomic E-state index is 0.438. The average molecular weight is 164 g/mol. The van der Waals surface area contributed by atoms with Crippen LogP contribution in [0.25, 0.3) is 0 Å². The summed E-state index contributed by atoms with van der Waals surface area (Å²) in [6.45, 7) is 4.17. The first-order valence-corrected chi connectivity index (χ1v) is 4.16. The molecule has 1 atom stereocenters. The monoisotopic (exact) mass is 164 g/mol. The molecule has 3 N–H and O–H groups in total. The van der Waals surface area contributed by atoms with Crippen LogP contribution in [0.1, 0.15) is 20.3 Å². The van der Waals surface area contributed by atoms with Crippen LogP contribution in [0, 0.1) is 0 Å². The molecule has 0 aromatic heterocycles. The van der Waals surface area contributed by atoms with Gasteiger partial charge in [-0.2, -0.15) is 0 Å². The zero-order valence-electron chi connectivity index (χ0n) is 5.68. The molecule has 0 heterocycles. The highest BCUT2D eigenvalue weighted by Gasteiger charge is 1.98. The van der Waals surface area contributed by atoms with Crippen LogP contribution in [0.2, 0.25) is 0 Å². The Hall–Kier alpha value is 0.200. The van der Waals surface area contributed by atoms with Crippen molar-refractivity contribution in [1.82, 2.24) is 5.32 Å². The van der Waals surface area contributed by atoms with Crippen molar-refractivity contribution in [3.63, 3.8) is 0 Å². The lowest BCUT2D eigenvalue weighted by atomic mass is 10.3. The van der Waals surface area contributed by atoms with Crippen molar-refractivity contribution in [3.8, 4) is 0 Å². The Morgan fingerprint density at radius 1 is 1.89 bits per heavy atom. The van der Waals surface area contributed by atoms with Crippen molar-refractivity contribution in [3.05, 3.63) is 0 Å². The van der Waals surface area contributed by atoms with E-state index in [0.717, 1.165) is 18.4 Å². The maximum absolute atomic E-state index is 5.19. The molecule has 0 aromatic rings. The fraction of sp³-hybridized carbons (Fsp3) is 0.800. The maximum atomic E-state index is 5.19. The highest BCUT2D eigenvalue weighted by atomic mass is 32.2. The van der Waals surface area contributed by atoms with Crippen molar-refractivity contribution in [2.45, 2.75) is 26.3 Å². The summed E-state index contributed by atoms with van der Waals surface area (Å²) in [6, 6.07) is 0.438. The molecule has 1 unspecified atom stereocenters. The molecule has 0 aliphatic carbocycles. The summed E-state index contributed by atoms with van der Waals surface area (Å²) in [5, 5.41) is 8.24. The molecule has 0 fully saturated rings. The topological polar surface area (TPSA) is 38.0 Å². The van der Waals surface area contributed by atoms with Gasteiger partial charge in [0.15, 0.2) is 0 Å². The third-order valence-corrected chi connectivity index (χ3v) is 1.82. The zero-order valence-corrected chi connectivity index (χ0v) is 7.31. The van der Waals surface area contributed by atoms with Gasteiger partial charge in [-0.05, 0) is 25.3 Å². The average Bonchev–Trinajstić information content (AvgIpc) is 1.87. The summed E-state index contributed by atoms with van der Waals surface area (Å²) >= 11 is 5.91. The smallest absolute Gasteiger partial charge is 0.148 e. The molecule has 4 heteroatoms. The van der Waals surface area contributed by atoms with E-state index in [9.17, 15) is 0 Å². The second-order valence-electron chi connectivity index (χ2n) is 1.86. The number of nitrogens with one attached hydrogen (secondary N) is 1. The summed E-state index contributed by atoms with van der Waals surface area (Å²) in [7, 11) is 0. The second kappa shape index (κ2) is 5.02. The molecule has 0 radical (unpaired) electrons. The largest absolute Gasteiger partial charge is 0.368 e. The third kappa shape index (κ3) is 4.69. The van der Waals surface area contributed by atoms with Gasteiger partial charge >= 0.3 is 0 Å². The van der Waals surface area contributed by atoms with Gasteiger partial charge in [-0.1, -0.05) is 19.1 Å². The van der Waals surface area contributed by atoms with E-state index in [0.29, 0.717) is 10.4 Å². The van der Waals surface area contributed by atoms with Crippen LogP contribution >= 0.6 is 24.2 Å². The van der Waals surface area contributed by atoms with E-state index in [1.807, 2.05) is 0 Å². The predicted octanol–water partition coefficient (Wildman–Crippen LogP) is 1.27. The number of nitrogens with two attached hydrogens (primary N) is 1. The molecule has 0 bridgehead atoms. The summed E-state index contributed by atoms with van der Waals surface area (Å²) in [6.07, 6.45) is 1.07. The van der Waals surface area contributed by atoms with Gasteiger partial charge in [0.25, 0.3) is 0 Å². The van der Waals surface area contributed by atoms with E-state index < -0.39 is 0 Å². The summed E-state index contributed by atoms with van der Waals surface area (Å²) in [5.41, 5.74) is 0. The zero-order chi connectivity index (χ0) is 7.28. The Bertz CT molecular complexity index is 95.0. The fourth-order valence-electron chi connectivity index (χ4n) is 0.337. The Balaban J connectivity index is 3.34. The van der Waals surface area contributed by atoms with Gasteiger partial charge in [0, 0.05) is 6.04 Å². The second-order valence-corrected chi connectivity index (χ2v) is 3.17.